The van der Waals surface area contributed by atoms with Gasteiger partial charge in [-0.05, 0) is 31.2 Å². The zero-order valence-electron chi connectivity index (χ0n) is 15.6. The minimum atomic E-state index is -0.502. The lowest BCUT2D eigenvalue weighted by atomic mass is 10.2. The molecule has 0 saturated carbocycles. The second-order valence-corrected chi connectivity index (χ2v) is 6.66. The summed E-state index contributed by atoms with van der Waals surface area (Å²) in [6.45, 7) is 1.81. The topological polar surface area (TPSA) is 99.1 Å². The SMILES string of the molecule is CC(NC(=O)c1ccc2c(=O)n(C)c(=O)n(C)c2n1)c1cc2ccccc2o1. The van der Waals surface area contributed by atoms with Crippen molar-refractivity contribution in [1.29, 1.82) is 0 Å². The van der Waals surface area contributed by atoms with E-state index in [1.807, 2.05) is 37.3 Å². The van der Waals surface area contributed by atoms with Crippen LogP contribution < -0.4 is 16.6 Å². The molecular weight excluding hydrogens is 360 g/mol. The van der Waals surface area contributed by atoms with Gasteiger partial charge in [-0.3, -0.25) is 18.7 Å². The van der Waals surface area contributed by atoms with Gasteiger partial charge >= 0.3 is 5.69 Å². The van der Waals surface area contributed by atoms with Gasteiger partial charge in [0.1, 0.15) is 22.7 Å². The lowest BCUT2D eigenvalue weighted by Gasteiger charge is -2.12. The molecule has 0 aliphatic rings. The predicted molar refractivity (Wildman–Crippen MR) is 104 cm³/mol. The van der Waals surface area contributed by atoms with Crippen molar-refractivity contribution >= 4 is 27.9 Å². The Kier molecular flexibility index (Phi) is 4.11. The Hall–Kier alpha value is -3.68. The van der Waals surface area contributed by atoms with Gasteiger partial charge in [-0.25, -0.2) is 9.78 Å². The molecule has 3 heterocycles. The number of aromatic nitrogens is 3. The monoisotopic (exact) mass is 378 g/mol. The van der Waals surface area contributed by atoms with E-state index >= 15 is 0 Å². The molecule has 1 amide bonds. The Morgan fingerprint density at radius 3 is 2.61 bits per heavy atom. The highest BCUT2D eigenvalue weighted by atomic mass is 16.3. The Morgan fingerprint density at radius 2 is 1.86 bits per heavy atom. The number of carbonyl (C=O) groups excluding carboxylic acids is 1. The van der Waals surface area contributed by atoms with Gasteiger partial charge in [0.2, 0.25) is 0 Å². The second-order valence-electron chi connectivity index (χ2n) is 6.66. The summed E-state index contributed by atoms with van der Waals surface area (Å²) in [4.78, 5) is 41.2. The molecule has 1 aromatic carbocycles. The van der Waals surface area contributed by atoms with E-state index in [9.17, 15) is 14.4 Å². The molecular formula is C20H18N4O4. The van der Waals surface area contributed by atoms with Crippen molar-refractivity contribution in [3.63, 3.8) is 0 Å². The van der Waals surface area contributed by atoms with E-state index in [2.05, 4.69) is 10.3 Å². The van der Waals surface area contributed by atoms with Crippen molar-refractivity contribution in [3.8, 4) is 0 Å². The molecule has 1 atom stereocenters. The molecule has 1 unspecified atom stereocenters. The van der Waals surface area contributed by atoms with Crippen molar-refractivity contribution in [2.24, 2.45) is 14.1 Å². The molecule has 8 nitrogen and oxygen atoms in total. The van der Waals surface area contributed by atoms with E-state index in [1.54, 1.807) is 0 Å². The number of aryl methyl sites for hydroxylation is 1. The highest BCUT2D eigenvalue weighted by molar-refractivity contribution is 5.94. The van der Waals surface area contributed by atoms with Crippen LogP contribution in [0.4, 0.5) is 0 Å². The van der Waals surface area contributed by atoms with E-state index in [-0.39, 0.29) is 22.8 Å². The average molecular weight is 378 g/mol. The number of furan rings is 1. The second kappa shape index (κ2) is 6.49. The number of nitrogens with zero attached hydrogens (tertiary/aromatic N) is 3. The lowest BCUT2D eigenvalue weighted by Crippen LogP contribution is -2.37. The fraction of sp³-hybridized carbons (Fsp3) is 0.200. The van der Waals surface area contributed by atoms with E-state index in [1.165, 1.54) is 30.8 Å². The first-order valence-electron chi connectivity index (χ1n) is 8.73. The first-order chi connectivity index (χ1) is 13.4. The summed E-state index contributed by atoms with van der Waals surface area (Å²) in [6.07, 6.45) is 0. The van der Waals surface area contributed by atoms with Crippen LogP contribution in [0.3, 0.4) is 0 Å². The molecule has 0 bridgehead atoms. The van der Waals surface area contributed by atoms with Gasteiger partial charge in [0.25, 0.3) is 11.5 Å². The number of carbonyl (C=O) groups is 1. The standard InChI is InChI=1S/C20H18N4O4/c1-11(16-10-12-6-4-5-7-15(12)28-16)21-18(25)14-9-8-13-17(22-14)23(2)20(27)24(3)19(13)26/h4-11H,1-3H3,(H,21,25). The molecule has 0 aliphatic heterocycles. The summed E-state index contributed by atoms with van der Waals surface area (Å²) in [5.41, 5.74) is 0.0653. The molecule has 142 valence electrons. The van der Waals surface area contributed by atoms with Gasteiger partial charge in [0, 0.05) is 19.5 Å². The summed E-state index contributed by atoms with van der Waals surface area (Å²) >= 11 is 0. The molecule has 0 aliphatic carbocycles. The van der Waals surface area contributed by atoms with Crippen LogP contribution in [0.2, 0.25) is 0 Å². The molecule has 1 N–H and O–H groups in total. The Bertz CT molecular complexity index is 1310. The van der Waals surface area contributed by atoms with Crippen LogP contribution in [0, 0.1) is 0 Å². The molecule has 8 heteroatoms. The first kappa shape index (κ1) is 17.7. The Labute approximate surface area is 159 Å². The molecule has 4 aromatic rings. The largest absolute Gasteiger partial charge is 0.459 e. The Morgan fingerprint density at radius 1 is 1.11 bits per heavy atom. The molecule has 28 heavy (non-hydrogen) atoms. The van der Waals surface area contributed by atoms with Gasteiger partial charge in [-0.2, -0.15) is 0 Å². The van der Waals surface area contributed by atoms with E-state index in [4.69, 9.17) is 4.42 Å². The average Bonchev–Trinajstić information content (AvgIpc) is 3.14. The summed E-state index contributed by atoms with van der Waals surface area (Å²) in [7, 11) is 2.91. The maximum atomic E-state index is 12.6. The lowest BCUT2D eigenvalue weighted by molar-refractivity contribution is 0.0931. The van der Waals surface area contributed by atoms with Crippen molar-refractivity contribution in [2.45, 2.75) is 13.0 Å². The highest BCUT2D eigenvalue weighted by Crippen LogP contribution is 2.23. The van der Waals surface area contributed by atoms with Crippen LogP contribution >= 0.6 is 0 Å². The molecule has 3 aromatic heterocycles. The van der Waals surface area contributed by atoms with E-state index in [0.29, 0.717) is 5.76 Å². The van der Waals surface area contributed by atoms with Crippen LogP contribution in [0.1, 0.15) is 29.2 Å². The summed E-state index contributed by atoms with van der Waals surface area (Å²) in [5.74, 6) is 0.194. The zero-order valence-corrected chi connectivity index (χ0v) is 15.6. The number of fused-ring (bicyclic) bond motifs is 2. The number of amides is 1. The van der Waals surface area contributed by atoms with Crippen LogP contribution in [0.15, 0.2) is 56.5 Å². The van der Waals surface area contributed by atoms with E-state index < -0.39 is 17.2 Å². The minimum Gasteiger partial charge on any atom is -0.459 e. The summed E-state index contributed by atoms with van der Waals surface area (Å²) in [6, 6.07) is 12.1. The van der Waals surface area contributed by atoms with Crippen LogP contribution in [-0.4, -0.2) is 20.0 Å². The zero-order chi connectivity index (χ0) is 20.0. The normalized spacial score (nSPS) is 12.4. The number of hydrogen-bond acceptors (Lipinski definition) is 5. The van der Waals surface area contributed by atoms with Gasteiger partial charge in [0.05, 0.1) is 11.4 Å². The van der Waals surface area contributed by atoms with Crippen molar-refractivity contribution < 1.29 is 9.21 Å². The predicted octanol–water partition coefficient (Wildman–Crippen LogP) is 1.87. The quantitative estimate of drug-likeness (QED) is 0.587. The number of nitrogens with one attached hydrogen (secondary N) is 1. The number of benzene rings is 1. The Balaban J connectivity index is 1.67. The van der Waals surface area contributed by atoms with Crippen molar-refractivity contribution in [2.75, 3.05) is 0 Å². The maximum absolute atomic E-state index is 12.6. The fourth-order valence-corrected chi connectivity index (χ4v) is 3.14. The minimum absolute atomic E-state index is 0.110. The molecule has 0 spiro atoms. The van der Waals surface area contributed by atoms with Gasteiger partial charge < -0.3 is 9.73 Å². The van der Waals surface area contributed by atoms with Gasteiger partial charge in [-0.1, -0.05) is 18.2 Å². The number of pyridine rings is 1. The van der Waals surface area contributed by atoms with Gasteiger partial charge in [-0.15, -0.1) is 0 Å². The molecule has 0 fully saturated rings. The van der Waals surface area contributed by atoms with Crippen molar-refractivity contribution in [1.82, 2.24) is 19.4 Å². The third-order valence-corrected chi connectivity index (χ3v) is 4.75. The fourth-order valence-electron chi connectivity index (χ4n) is 3.14. The third kappa shape index (κ3) is 2.79. The number of hydrogen-bond donors (Lipinski definition) is 1. The van der Waals surface area contributed by atoms with E-state index in [0.717, 1.165) is 15.5 Å². The molecule has 0 radical (unpaired) electrons. The van der Waals surface area contributed by atoms with Crippen LogP contribution in [-0.2, 0) is 14.1 Å². The number of rotatable bonds is 3. The van der Waals surface area contributed by atoms with Crippen LogP contribution in [0.5, 0.6) is 0 Å². The molecule has 4 rings (SSSR count). The van der Waals surface area contributed by atoms with Crippen molar-refractivity contribution in [3.05, 3.63) is 74.8 Å². The summed E-state index contributed by atoms with van der Waals surface area (Å²) < 4.78 is 8.03. The maximum Gasteiger partial charge on any atom is 0.332 e. The molecule has 0 saturated heterocycles. The third-order valence-electron chi connectivity index (χ3n) is 4.75. The number of para-hydroxylation sites is 1. The summed E-state index contributed by atoms with van der Waals surface area (Å²) in [5, 5.41) is 4.05. The first-order valence-corrected chi connectivity index (χ1v) is 8.73. The smallest absolute Gasteiger partial charge is 0.332 e. The van der Waals surface area contributed by atoms with Crippen LogP contribution in [0.25, 0.3) is 22.0 Å². The highest BCUT2D eigenvalue weighted by Gasteiger charge is 2.18. The van der Waals surface area contributed by atoms with Gasteiger partial charge in [0.15, 0.2) is 0 Å².